The predicted octanol–water partition coefficient (Wildman–Crippen LogP) is 3.69. The van der Waals surface area contributed by atoms with E-state index in [1.54, 1.807) is 30.3 Å². The quantitative estimate of drug-likeness (QED) is 0.912. The van der Waals surface area contributed by atoms with Crippen LogP contribution in [0.25, 0.3) is 0 Å². The minimum atomic E-state index is -4.37. The zero-order valence-corrected chi connectivity index (χ0v) is 11.2. The highest BCUT2D eigenvalue weighted by atomic mass is 19.4. The van der Waals surface area contributed by atoms with E-state index in [1.807, 2.05) is 6.07 Å². The fourth-order valence-electron chi connectivity index (χ4n) is 1.91. The van der Waals surface area contributed by atoms with Crippen molar-refractivity contribution in [1.29, 1.82) is 0 Å². The van der Waals surface area contributed by atoms with Gasteiger partial charge in [0.25, 0.3) is 0 Å². The highest BCUT2D eigenvalue weighted by Crippen LogP contribution is 2.29. The van der Waals surface area contributed by atoms with Crippen LogP contribution in [0.5, 0.6) is 5.75 Å². The molecule has 0 aliphatic heterocycles. The molecule has 2 aromatic rings. The van der Waals surface area contributed by atoms with Crippen molar-refractivity contribution in [2.75, 3.05) is 6.61 Å². The van der Waals surface area contributed by atoms with Crippen LogP contribution < -0.4 is 4.74 Å². The molecule has 2 aromatic carbocycles. The Morgan fingerprint density at radius 1 is 1.00 bits per heavy atom. The van der Waals surface area contributed by atoms with Crippen LogP contribution in [-0.2, 0) is 12.6 Å². The molecule has 2 rings (SSSR count). The highest BCUT2D eigenvalue weighted by Gasteiger charge is 2.30. The summed E-state index contributed by atoms with van der Waals surface area (Å²) in [5.41, 5.74) is -0.287. The minimum Gasteiger partial charge on any atom is -0.491 e. The molecule has 0 saturated heterocycles. The fraction of sp³-hybridized carbons (Fsp3) is 0.250. The van der Waals surface area contributed by atoms with E-state index in [0.29, 0.717) is 11.3 Å². The van der Waals surface area contributed by atoms with Gasteiger partial charge < -0.3 is 9.84 Å². The number of benzene rings is 2. The summed E-state index contributed by atoms with van der Waals surface area (Å²) in [4.78, 5) is 0. The Balaban J connectivity index is 1.92. The SMILES string of the molecule is OC(COc1ccccc1)Cc1cccc(C(F)(F)F)c1. The van der Waals surface area contributed by atoms with Crippen molar-refractivity contribution in [3.05, 3.63) is 65.7 Å². The van der Waals surface area contributed by atoms with Crippen LogP contribution in [0, 0.1) is 0 Å². The summed E-state index contributed by atoms with van der Waals surface area (Å²) in [6.07, 6.45) is -5.13. The summed E-state index contributed by atoms with van der Waals surface area (Å²) in [5.74, 6) is 0.612. The molecule has 0 bridgehead atoms. The number of aliphatic hydroxyl groups excluding tert-OH is 1. The maximum atomic E-state index is 12.6. The molecule has 1 N–H and O–H groups in total. The molecule has 0 aromatic heterocycles. The lowest BCUT2D eigenvalue weighted by molar-refractivity contribution is -0.137. The molecule has 1 unspecified atom stereocenters. The van der Waals surface area contributed by atoms with Gasteiger partial charge >= 0.3 is 6.18 Å². The van der Waals surface area contributed by atoms with E-state index in [4.69, 9.17) is 4.74 Å². The number of halogens is 3. The van der Waals surface area contributed by atoms with E-state index in [-0.39, 0.29) is 13.0 Å². The summed E-state index contributed by atoms with van der Waals surface area (Å²) in [7, 11) is 0. The number of hydrogen-bond acceptors (Lipinski definition) is 2. The summed E-state index contributed by atoms with van der Waals surface area (Å²) in [6.45, 7) is 0.0280. The van der Waals surface area contributed by atoms with Gasteiger partial charge in [-0.15, -0.1) is 0 Å². The molecule has 0 saturated carbocycles. The molecule has 0 fully saturated rings. The van der Waals surface area contributed by atoms with Crippen LogP contribution in [0.3, 0.4) is 0 Å². The number of ether oxygens (including phenoxy) is 1. The van der Waals surface area contributed by atoms with Gasteiger partial charge in [-0.2, -0.15) is 13.2 Å². The van der Waals surface area contributed by atoms with Crippen LogP contribution in [0.2, 0.25) is 0 Å². The van der Waals surface area contributed by atoms with E-state index in [0.717, 1.165) is 12.1 Å². The van der Waals surface area contributed by atoms with Crippen LogP contribution in [0.15, 0.2) is 54.6 Å². The molecule has 2 nitrogen and oxygen atoms in total. The van der Waals surface area contributed by atoms with E-state index in [2.05, 4.69) is 0 Å². The van der Waals surface area contributed by atoms with Gasteiger partial charge in [-0.05, 0) is 23.8 Å². The Kier molecular flexibility index (Phi) is 4.85. The van der Waals surface area contributed by atoms with Gasteiger partial charge in [0.15, 0.2) is 0 Å². The number of para-hydroxylation sites is 1. The van der Waals surface area contributed by atoms with E-state index in [9.17, 15) is 18.3 Å². The van der Waals surface area contributed by atoms with Crippen molar-refractivity contribution >= 4 is 0 Å². The highest BCUT2D eigenvalue weighted by molar-refractivity contribution is 5.26. The first kappa shape index (κ1) is 15.4. The summed E-state index contributed by atoms with van der Waals surface area (Å²) in [6, 6.07) is 13.9. The molecule has 0 amide bonds. The Labute approximate surface area is 120 Å². The molecule has 0 heterocycles. The second kappa shape index (κ2) is 6.63. The van der Waals surface area contributed by atoms with Gasteiger partial charge in [0, 0.05) is 6.42 Å². The lowest BCUT2D eigenvalue weighted by Crippen LogP contribution is -2.20. The molecule has 112 valence electrons. The number of alkyl halides is 3. The van der Waals surface area contributed by atoms with Crippen LogP contribution in [0.1, 0.15) is 11.1 Å². The second-order valence-electron chi connectivity index (χ2n) is 4.68. The first-order valence-corrected chi connectivity index (χ1v) is 6.47. The van der Waals surface area contributed by atoms with Gasteiger partial charge in [-0.25, -0.2) is 0 Å². The monoisotopic (exact) mass is 296 g/mol. The van der Waals surface area contributed by atoms with E-state index in [1.165, 1.54) is 6.07 Å². The molecule has 0 spiro atoms. The first-order chi connectivity index (χ1) is 9.95. The van der Waals surface area contributed by atoms with E-state index < -0.39 is 17.8 Å². The van der Waals surface area contributed by atoms with Gasteiger partial charge in [0.2, 0.25) is 0 Å². The van der Waals surface area contributed by atoms with E-state index >= 15 is 0 Å². The molecular formula is C16H15F3O2. The normalized spacial score (nSPS) is 13.0. The summed E-state index contributed by atoms with van der Waals surface area (Å²) in [5, 5.41) is 9.85. The van der Waals surface area contributed by atoms with Crippen molar-refractivity contribution in [3.63, 3.8) is 0 Å². The first-order valence-electron chi connectivity index (χ1n) is 6.47. The average molecular weight is 296 g/mol. The number of hydrogen-bond donors (Lipinski definition) is 1. The van der Waals surface area contributed by atoms with Crippen LogP contribution in [-0.4, -0.2) is 17.8 Å². The Morgan fingerprint density at radius 2 is 1.71 bits per heavy atom. The van der Waals surface area contributed by atoms with Gasteiger partial charge in [0.1, 0.15) is 12.4 Å². The molecule has 5 heteroatoms. The third-order valence-corrected chi connectivity index (χ3v) is 2.91. The van der Waals surface area contributed by atoms with Crippen molar-refractivity contribution in [2.45, 2.75) is 18.7 Å². The maximum Gasteiger partial charge on any atom is 0.416 e. The van der Waals surface area contributed by atoms with Crippen molar-refractivity contribution in [2.24, 2.45) is 0 Å². The lowest BCUT2D eigenvalue weighted by atomic mass is 10.1. The second-order valence-corrected chi connectivity index (χ2v) is 4.68. The number of aliphatic hydroxyl groups is 1. The van der Waals surface area contributed by atoms with Gasteiger partial charge in [-0.3, -0.25) is 0 Å². The standard InChI is InChI=1S/C16H15F3O2/c17-16(18,19)13-6-4-5-12(9-13)10-14(20)11-21-15-7-2-1-3-8-15/h1-9,14,20H,10-11H2. The zero-order chi connectivity index (χ0) is 15.3. The Bertz CT molecular complexity index is 567. The molecule has 0 radical (unpaired) electrons. The molecule has 1 atom stereocenters. The Hall–Kier alpha value is -2.01. The number of rotatable bonds is 5. The predicted molar refractivity (Wildman–Crippen MR) is 73.1 cm³/mol. The average Bonchev–Trinajstić information content (AvgIpc) is 2.46. The third kappa shape index (κ3) is 4.79. The van der Waals surface area contributed by atoms with Crippen LogP contribution in [0.4, 0.5) is 13.2 Å². The largest absolute Gasteiger partial charge is 0.491 e. The zero-order valence-electron chi connectivity index (χ0n) is 11.2. The van der Waals surface area contributed by atoms with Crippen molar-refractivity contribution in [3.8, 4) is 5.75 Å². The van der Waals surface area contributed by atoms with Gasteiger partial charge in [0.05, 0.1) is 11.7 Å². The topological polar surface area (TPSA) is 29.5 Å². The van der Waals surface area contributed by atoms with Crippen LogP contribution >= 0.6 is 0 Å². The molecule has 0 aliphatic rings. The van der Waals surface area contributed by atoms with Crippen molar-refractivity contribution in [1.82, 2.24) is 0 Å². The third-order valence-electron chi connectivity index (χ3n) is 2.91. The minimum absolute atomic E-state index is 0.0280. The summed E-state index contributed by atoms with van der Waals surface area (Å²) >= 11 is 0. The fourth-order valence-corrected chi connectivity index (χ4v) is 1.91. The molecule has 0 aliphatic carbocycles. The maximum absolute atomic E-state index is 12.6. The molecular weight excluding hydrogens is 281 g/mol. The smallest absolute Gasteiger partial charge is 0.416 e. The van der Waals surface area contributed by atoms with Crippen molar-refractivity contribution < 1.29 is 23.0 Å². The summed E-state index contributed by atoms with van der Waals surface area (Å²) < 4.78 is 43.1. The van der Waals surface area contributed by atoms with Gasteiger partial charge in [-0.1, -0.05) is 36.4 Å². The molecule has 21 heavy (non-hydrogen) atoms. The Morgan fingerprint density at radius 3 is 2.38 bits per heavy atom. The lowest BCUT2D eigenvalue weighted by Gasteiger charge is -2.13.